The van der Waals surface area contributed by atoms with Crippen molar-refractivity contribution in [2.45, 2.75) is 76.5 Å². The van der Waals surface area contributed by atoms with Crippen LogP contribution in [0.1, 0.15) is 66.2 Å². The number of hydrogen-bond donors (Lipinski definition) is 0. The molecule has 0 aromatic heterocycles. The minimum absolute atomic E-state index is 0.122. The Morgan fingerprint density at radius 3 is 1.05 bits per heavy atom. The second kappa shape index (κ2) is 6.36. The van der Waals surface area contributed by atoms with Crippen LogP contribution < -0.4 is 0 Å². The molecule has 0 saturated heterocycles. The van der Waals surface area contributed by atoms with Gasteiger partial charge in [-0.25, -0.2) is 18.3 Å². The van der Waals surface area contributed by atoms with E-state index in [0.29, 0.717) is 12.8 Å². The molecule has 22 heavy (non-hydrogen) atoms. The lowest BCUT2D eigenvalue weighted by Gasteiger charge is -2.36. The molecule has 0 radical (unpaired) electrons. The Morgan fingerprint density at radius 2 is 0.864 bits per heavy atom. The van der Waals surface area contributed by atoms with Gasteiger partial charge < -0.3 is 0 Å². The van der Waals surface area contributed by atoms with Crippen LogP contribution in [0.15, 0.2) is 0 Å². The van der Waals surface area contributed by atoms with E-state index >= 15 is 0 Å². The van der Waals surface area contributed by atoms with E-state index in [2.05, 4.69) is 0 Å². The molecule has 0 spiro atoms. The standard InChI is InChI=1S/C16H28O4P2/c1-11-5-6-12(2)15(11,21(17)18)9-10-16(22(19)20)13(3)7-8-14(16)4/h11-14H,5-10H2,1-4H3/t11-,12-,13-,14-/m1/s1. The van der Waals surface area contributed by atoms with Crippen LogP contribution in [0.25, 0.3) is 0 Å². The summed E-state index contributed by atoms with van der Waals surface area (Å²) in [5, 5.41) is -1.43. The Balaban J connectivity index is 2.33. The second-order valence-corrected chi connectivity index (χ2v) is 10.4. The molecule has 126 valence electrons. The average molecular weight is 346 g/mol. The molecule has 2 aliphatic rings. The molecule has 0 aromatic rings. The summed E-state index contributed by atoms with van der Waals surface area (Å²) in [6.07, 6.45) is 4.68. The Labute approximate surface area is 134 Å². The van der Waals surface area contributed by atoms with Crippen molar-refractivity contribution >= 4 is 15.4 Å². The molecule has 0 bridgehead atoms. The summed E-state index contributed by atoms with van der Waals surface area (Å²) in [7, 11) is -5.10. The van der Waals surface area contributed by atoms with Gasteiger partial charge in [-0.15, -0.1) is 0 Å². The van der Waals surface area contributed by atoms with E-state index in [1.165, 1.54) is 0 Å². The van der Waals surface area contributed by atoms with Crippen LogP contribution in [0.3, 0.4) is 0 Å². The lowest BCUT2D eigenvalue weighted by molar-refractivity contribution is 0.269. The summed E-state index contributed by atoms with van der Waals surface area (Å²) in [6.45, 7) is 8.06. The van der Waals surface area contributed by atoms with Gasteiger partial charge in [0.05, 0.1) is 10.3 Å². The van der Waals surface area contributed by atoms with E-state index in [1.54, 1.807) is 0 Å². The first-order valence-electron chi connectivity index (χ1n) is 8.48. The van der Waals surface area contributed by atoms with E-state index in [0.717, 1.165) is 25.7 Å². The van der Waals surface area contributed by atoms with Crippen molar-refractivity contribution in [2.24, 2.45) is 23.7 Å². The van der Waals surface area contributed by atoms with Crippen LogP contribution in [-0.4, -0.2) is 10.3 Å². The first kappa shape index (κ1) is 18.1. The monoisotopic (exact) mass is 346 g/mol. The van der Waals surface area contributed by atoms with Crippen LogP contribution in [0.5, 0.6) is 0 Å². The van der Waals surface area contributed by atoms with E-state index in [4.69, 9.17) is 0 Å². The molecule has 4 atom stereocenters. The quantitative estimate of drug-likeness (QED) is 0.597. The van der Waals surface area contributed by atoms with Crippen LogP contribution in [0, 0.1) is 23.7 Å². The molecule has 0 aliphatic heterocycles. The Morgan fingerprint density at radius 1 is 0.636 bits per heavy atom. The van der Waals surface area contributed by atoms with Gasteiger partial charge in [-0.1, -0.05) is 27.7 Å². The summed E-state index contributed by atoms with van der Waals surface area (Å²) in [6, 6.07) is 0. The maximum atomic E-state index is 12.1. The summed E-state index contributed by atoms with van der Waals surface area (Å²) < 4.78 is 48.3. The summed E-state index contributed by atoms with van der Waals surface area (Å²) in [4.78, 5) is 0. The molecular weight excluding hydrogens is 318 g/mol. The molecule has 0 aromatic carbocycles. The normalized spacial score (nSPS) is 36.4. The number of rotatable bonds is 5. The zero-order valence-corrected chi connectivity index (χ0v) is 15.9. The molecule has 0 unspecified atom stereocenters. The van der Waals surface area contributed by atoms with Crippen LogP contribution in [0.2, 0.25) is 0 Å². The Bertz CT molecular complexity index is 478. The summed E-state index contributed by atoms with van der Waals surface area (Å²) >= 11 is 0. The van der Waals surface area contributed by atoms with Crippen molar-refractivity contribution in [3.8, 4) is 0 Å². The highest BCUT2D eigenvalue weighted by atomic mass is 31.1. The van der Waals surface area contributed by atoms with Gasteiger partial charge in [0.1, 0.15) is 0 Å². The zero-order valence-electron chi connectivity index (χ0n) is 14.1. The molecule has 0 heterocycles. The third-order valence-electron chi connectivity index (χ3n) is 7.08. The molecule has 2 aliphatic carbocycles. The third-order valence-corrected chi connectivity index (χ3v) is 10.7. The lowest BCUT2D eigenvalue weighted by Crippen LogP contribution is -2.38. The molecule has 2 saturated carbocycles. The fourth-order valence-corrected chi connectivity index (χ4v) is 7.80. The fraction of sp³-hybridized carbons (Fsp3) is 1.00. The smallest absolute Gasteiger partial charge is 0.237 e. The first-order chi connectivity index (χ1) is 10.2. The maximum absolute atomic E-state index is 12.1. The summed E-state index contributed by atoms with van der Waals surface area (Å²) in [5.41, 5.74) is 0. The van der Waals surface area contributed by atoms with Crippen molar-refractivity contribution in [3.05, 3.63) is 0 Å². The van der Waals surface area contributed by atoms with Crippen molar-refractivity contribution in [1.29, 1.82) is 0 Å². The van der Waals surface area contributed by atoms with Gasteiger partial charge in [0.15, 0.2) is 0 Å². The average Bonchev–Trinajstić information content (AvgIpc) is 2.88. The minimum atomic E-state index is -2.55. The van der Waals surface area contributed by atoms with Crippen LogP contribution in [-0.2, 0) is 18.3 Å². The largest absolute Gasteiger partial charge is 0.322 e. The number of hydrogen-bond acceptors (Lipinski definition) is 4. The molecule has 2 fully saturated rings. The lowest BCUT2D eigenvalue weighted by atomic mass is 9.79. The van der Waals surface area contributed by atoms with Gasteiger partial charge in [-0.3, -0.25) is 0 Å². The summed E-state index contributed by atoms with van der Waals surface area (Å²) in [5.74, 6) is 0.490. The van der Waals surface area contributed by atoms with Gasteiger partial charge in [0.25, 0.3) is 0 Å². The minimum Gasteiger partial charge on any atom is -0.237 e. The Hall–Kier alpha value is -0.200. The van der Waals surface area contributed by atoms with E-state index in [-0.39, 0.29) is 23.7 Å². The molecule has 0 N–H and O–H groups in total. The van der Waals surface area contributed by atoms with Gasteiger partial charge in [-0.05, 0) is 62.2 Å². The topological polar surface area (TPSA) is 68.3 Å². The highest BCUT2D eigenvalue weighted by molar-refractivity contribution is 7.33. The van der Waals surface area contributed by atoms with E-state index < -0.39 is 25.7 Å². The molecule has 0 amide bonds. The van der Waals surface area contributed by atoms with Crippen molar-refractivity contribution in [3.63, 3.8) is 0 Å². The van der Waals surface area contributed by atoms with Gasteiger partial charge in [-0.2, -0.15) is 0 Å². The first-order valence-corrected chi connectivity index (χ1v) is 10.8. The molecular formula is C16H28O4P2. The molecule has 4 nitrogen and oxygen atoms in total. The van der Waals surface area contributed by atoms with E-state index in [1.807, 2.05) is 27.7 Å². The van der Waals surface area contributed by atoms with Gasteiger partial charge >= 0.3 is 15.4 Å². The highest BCUT2D eigenvalue weighted by Gasteiger charge is 2.56. The highest BCUT2D eigenvalue weighted by Crippen LogP contribution is 2.60. The predicted molar refractivity (Wildman–Crippen MR) is 86.4 cm³/mol. The third kappa shape index (κ3) is 2.51. The van der Waals surface area contributed by atoms with Crippen LogP contribution >= 0.6 is 15.4 Å². The van der Waals surface area contributed by atoms with Gasteiger partial charge in [0.2, 0.25) is 0 Å². The predicted octanol–water partition coefficient (Wildman–Crippen LogP) is 5.72. The van der Waals surface area contributed by atoms with E-state index in [9.17, 15) is 18.3 Å². The van der Waals surface area contributed by atoms with Crippen molar-refractivity contribution in [2.75, 3.05) is 0 Å². The van der Waals surface area contributed by atoms with Crippen molar-refractivity contribution < 1.29 is 18.3 Å². The fourth-order valence-electron chi connectivity index (χ4n) is 5.26. The Kier molecular flexibility index (Phi) is 5.25. The van der Waals surface area contributed by atoms with Crippen molar-refractivity contribution in [1.82, 2.24) is 0 Å². The molecule has 6 heteroatoms. The van der Waals surface area contributed by atoms with Crippen LogP contribution in [0.4, 0.5) is 0 Å². The zero-order chi connectivity index (χ0) is 16.7. The van der Waals surface area contributed by atoms with Gasteiger partial charge in [0, 0.05) is 0 Å². The molecule has 2 rings (SSSR count). The maximum Gasteiger partial charge on any atom is 0.322 e. The SMILES string of the molecule is C[C@@H]1CC[C@@H](C)C1(CCC1(P(=O)=O)[C@H](C)CC[C@H]1C)P(=O)=O. The second-order valence-electron chi connectivity index (χ2n) is 7.76.